The third-order valence-electron chi connectivity index (χ3n) is 2.53. The van der Waals surface area contributed by atoms with Crippen molar-refractivity contribution < 1.29 is 28.0 Å². The van der Waals surface area contributed by atoms with Crippen molar-refractivity contribution in [1.29, 1.82) is 0 Å². The average molecular weight is 308 g/mol. The highest BCUT2D eigenvalue weighted by Gasteiger charge is 2.32. The second kappa shape index (κ2) is 11.0. The third kappa shape index (κ3) is 8.48. The Morgan fingerprint density at radius 1 is 1.30 bits per heavy atom. The highest BCUT2D eigenvalue weighted by Crippen LogP contribution is 2.51. The van der Waals surface area contributed by atoms with Crippen molar-refractivity contribution in [2.45, 2.75) is 59.0 Å². The smallest absolute Gasteiger partial charge is 0.285 e. The monoisotopic (exact) mass is 308 g/mol. The van der Waals surface area contributed by atoms with Crippen LogP contribution in [0.5, 0.6) is 0 Å². The first-order valence-corrected chi connectivity index (χ1v) is 8.42. The summed E-state index contributed by atoms with van der Waals surface area (Å²) in [5, 5.41) is 0. The van der Waals surface area contributed by atoms with Crippen molar-refractivity contribution in [3.05, 3.63) is 12.7 Å². The molecule has 6 nitrogen and oxygen atoms in total. The lowest BCUT2D eigenvalue weighted by molar-refractivity contribution is -0.220. The molecule has 7 heteroatoms. The second-order valence-corrected chi connectivity index (χ2v) is 5.69. The minimum atomic E-state index is -3.90. The third-order valence-corrected chi connectivity index (χ3v) is 3.92. The lowest BCUT2D eigenvalue weighted by Gasteiger charge is -2.21. The fraction of sp³-hybridized carbons (Fsp3) is 0.769. The zero-order chi connectivity index (χ0) is 15.4. The fourth-order valence-electron chi connectivity index (χ4n) is 1.48. The topological polar surface area (TPSA) is 71.1 Å². The second-order valence-electron chi connectivity index (χ2n) is 4.18. The lowest BCUT2D eigenvalue weighted by atomic mass is 10.1. The van der Waals surface area contributed by atoms with Gasteiger partial charge in [0.25, 0.3) is 0 Å². The van der Waals surface area contributed by atoms with Gasteiger partial charge in [-0.15, -0.1) is 0 Å². The van der Waals surface area contributed by atoms with Crippen LogP contribution in [0.15, 0.2) is 12.7 Å². The molecule has 0 spiro atoms. The van der Waals surface area contributed by atoms with Gasteiger partial charge in [0.2, 0.25) is 0 Å². The Balaban J connectivity index is 4.49. The summed E-state index contributed by atoms with van der Waals surface area (Å²) in [5.74, 6) is -0.854. The van der Waals surface area contributed by atoms with E-state index in [1.165, 1.54) is 0 Å². The van der Waals surface area contributed by atoms with Crippen LogP contribution in [0.3, 0.4) is 0 Å². The standard InChI is InChI=1S/C13H25O6P/c1-5-9-10-11-12(6-2)18-20(15,16-8-4)19-17-13(14)7-3/h7,12H,3,5-6,8-11H2,1-2,4H3. The summed E-state index contributed by atoms with van der Waals surface area (Å²) in [4.78, 5) is 15.2. The van der Waals surface area contributed by atoms with Crippen molar-refractivity contribution in [3.63, 3.8) is 0 Å². The molecule has 2 atom stereocenters. The van der Waals surface area contributed by atoms with Gasteiger partial charge in [0.05, 0.1) is 12.7 Å². The van der Waals surface area contributed by atoms with Crippen molar-refractivity contribution in [2.24, 2.45) is 0 Å². The number of unbranched alkanes of at least 4 members (excludes halogenated alkanes) is 2. The summed E-state index contributed by atoms with van der Waals surface area (Å²) >= 11 is 0. The van der Waals surface area contributed by atoms with Gasteiger partial charge in [0.15, 0.2) is 0 Å². The summed E-state index contributed by atoms with van der Waals surface area (Å²) < 4.78 is 27.1. The Kier molecular flexibility index (Phi) is 10.7. The highest BCUT2D eigenvalue weighted by molar-refractivity contribution is 7.48. The zero-order valence-electron chi connectivity index (χ0n) is 12.5. The van der Waals surface area contributed by atoms with Gasteiger partial charge in [-0.25, -0.2) is 9.36 Å². The summed E-state index contributed by atoms with van der Waals surface area (Å²) in [5.41, 5.74) is 0. The normalized spacial score (nSPS) is 15.3. The van der Waals surface area contributed by atoms with E-state index < -0.39 is 13.8 Å². The fourth-order valence-corrected chi connectivity index (χ4v) is 2.72. The number of hydrogen-bond acceptors (Lipinski definition) is 6. The van der Waals surface area contributed by atoms with E-state index >= 15 is 0 Å². The average Bonchev–Trinajstić information content (AvgIpc) is 2.44. The van der Waals surface area contributed by atoms with Crippen molar-refractivity contribution >= 4 is 13.8 Å². The number of carbonyl (C=O) groups excluding carboxylic acids is 1. The highest BCUT2D eigenvalue weighted by atomic mass is 31.2. The maximum atomic E-state index is 12.3. The Bertz CT molecular complexity index is 331. The van der Waals surface area contributed by atoms with Crippen LogP contribution in [0.4, 0.5) is 0 Å². The van der Waals surface area contributed by atoms with Crippen LogP contribution in [-0.4, -0.2) is 18.7 Å². The molecule has 0 amide bonds. The summed E-state index contributed by atoms with van der Waals surface area (Å²) in [6.07, 6.45) is 5.18. The van der Waals surface area contributed by atoms with E-state index in [0.717, 1.165) is 31.8 Å². The summed E-state index contributed by atoms with van der Waals surface area (Å²) in [7, 11) is -3.90. The van der Waals surface area contributed by atoms with Gasteiger partial charge in [-0.05, 0) is 19.8 Å². The number of phosphoric acid groups is 1. The van der Waals surface area contributed by atoms with Gasteiger partial charge >= 0.3 is 13.8 Å². The minimum Gasteiger partial charge on any atom is -0.285 e. The van der Waals surface area contributed by atoms with Gasteiger partial charge in [0.1, 0.15) is 0 Å². The van der Waals surface area contributed by atoms with E-state index in [1.807, 2.05) is 6.92 Å². The predicted molar refractivity (Wildman–Crippen MR) is 75.9 cm³/mol. The Labute approximate surface area is 121 Å². The van der Waals surface area contributed by atoms with Gasteiger partial charge in [-0.1, -0.05) is 44.4 Å². The molecule has 0 aliphatic rings. The number of rotatable bonds is 12. The molecule has 0 fully saturated rings. The van der Waals surface area contributed by atoms with E-state index in [0.29, 0.717) is 6.42 Å². The summed E-state index contributed by atoms with van der Waals surface area (Å²) in [6.45, 7) is 8.99. The maximum absolute atomic E-state index is 12.3. The van der Waals surface area contributed by atoms with Crippen molar-refractivity contribution in [3.8, 4) is 0 Å². The molecule has 118 valence electrons. The molecule has 0 aromatic carbocycles. The van der Waals surface area contributed by atoms with E-state index in [2.05, 4.69) is 23.1 Å². The largest absolute Gasteiger partial charge is 0.511 e. The minimum absolute atomic E-state index is 0.119. The van der Waals surface area contributed by atoms with Crippen LogP contribution in [0.2, 0.25) is 0 Å². The molecule has 0 bridgehead atoms. The van der Waals surface area contributed by atoms with E-state index in [1.54, 1.807) is 6.92 Å². The molecule has 0 rings (SSSR count). The van der Waals surface area contributed by atoms with E-state index in [-0.39, 0.29) is 12.7 Å². The van der Waals surface area contributed by atoms with Crippen molar-refractivity contribution in [2.75, 3.05) is 6.61 Å². The zero-order valence-corrected chi connectivity index (χ0v) is 13.4. The summed E-state index contributed by atoms with van der Waals surface area (Å²) in [6, 6.07) is 0. The molecule has 0 saturated carbocycles. The molecule has 2 unspecified atom stereocenters. The molecule has 0 N–H and O–H groups in total. The predicted octanol–water partition coefficient (Wildman–Crippen LogP) is 4.17. The Hall–Kier alpha value is -0.680. The first-order chi connectivity index (χ1) is 9.51. The van der Waals surface area contributed by atoms with Gasteiger partial charge in [-0.2, -0.15) is 0 Å². The molecule has 0 saturated heterocycles. The maximum Gasteiger partial charge on any atom is 0.511 e. The molecule has 0 aliphatic carbocycles. The Morgan fingerprint density at radius 3 is 2.50 bits per heavy atom. The first kappa shape index (κ1) is 19.3. The van der Waals surface area contributed by atoms with Gasteiger partial charge in [0, 0.05) is 6.08 Å². The number of hydrogen-bond donors (Lipinski definition) is 0. The van der Waals surface area contributed by atoms with E-state index in [9.17, 15) is 9.36 Å². The molecule has 20 heavy (non-hydrogen) atoms. The van der Waals surface area contributed by atoms with Gasteiger partial charge < -0.3 is 0 Å². The van der Waals surface area contributed by atoms with Crippen molar-refractivity contribution in [1.82, 2.24) is 0 Å². The van der Waals surface area contributed by atoms with Crippen LogP contribution in [0.25, 0.3) is 0 Å². The van der Waals surface area contributed by atoms with Crippen LogP contribution in [0, 0.1) is 0 Å². The van der Waals surface area contributed by atoms with Crippen LogP contribution >= 0.6 is 7.82 Å². The molecule has 0 radical (unpaired) electrons. The molecule has 0 aliphatic heterocycles. The quantitative estimate of drug-likeness (QED) is 0.177. The lowest BCUT2D eigenvalue weighted by Crippen LogP contribution is -2.14. The molecular weight excluding hydrogens is 283 g/mol. The SMILES string of the molecule is C=CC(=O)OOP(=O)(OCC)OC(CC)CCCCC. The van der Waals surface area contributed by atoms with Crippen LogP contribution < -0.4 is 0 Å². The molecular formula is C13H25O6P. The first-order valence-electron chi connectivity index (χ1n) is 6.96. The number of phosphoric ester groups is 1. The van der Waals surface area contributed by atoms with Crippen LogP contribution in [-0.2, 0) is 28.0 Å². The van der Waals surface area contributed by atoms with Crippen LogP contribution in [0.1, 0.15) is 52.9 Å². The molecule has 0 aromatic rings. The number of carbonyl (C=O) groups is 1. The molecule has 0 heterocycles. The Morgan fingerprint density at radius 2 is 2.00 bits per heavy atom. The van der Waals surface area contributed by atoms with Gasteiger partial charge in [-0.3, -0.25) is 13.9 Å². The molecule has 0 aromatic heterocycles. The van der Waals surface area contributed by atoms with E-state index in [4.69, 9.17) is 9.05 Å².